The van der Waals surface area contributed by atoms with Crippen LogP contribution in [-0.4, -0.2) is 42.3 Å². The highest BCUT2D eigenvalue weighted by Gasteiger charge is 2.43. The maximum absolute atomic E-state index is 14.7. The van der Waals surface area contributed by atoms with Crippen molar-refractivity contribution in [2.75, 3.05) is 13.2 Å². The van der Waals surface area contributed by atoms with Crippen LogP contribution in [0.2, 0.25) is 0 Å². The summed E-state index contributed by atoms with van der Waals surface area (Å²) < 4.78 is 61.9. The molecule has 2 saturated heterocycles. The van der Waals surface area contributed by atoms with Crippen LogP contribution < -0.4 is 0 Å². The Labute approximate surface area is 176 Å². The summed E-state index contributed by atoms with van der Waals surface area (Å²) in [5.41, 5.74) is -1.34. The Kier molecular flexibility index (Phi) is 6.62. The van der Waals surface area contributed by atoms with Crippen molar-refractivity contribution >= 4 is 10.0 Å². The summed E-state index contributed by atoms with van der Waals surface area (Å²) in [4.78, 5) is 0. The highest BCUT2D eigenvalue weighted by atomic mass is 32.2. The average Bonchev–Trinajstić information content (AvgIpc) is 2.65. The molecule has 30 heavy (non-hydrogen) atoms. The summed E-state index contributed by atoms with van der Waals surface area (Å²) in [5.74, 6) is -1.54. The molecule has 0 unspecified atom stereocenters. The van der Waals surface area contributed by atoms with E-state index in [1.807, 2.05) is 13.0 Å². The molecule has 5 nitrogen and oxygen atoms in total. The standard InChI is InChI=1S/C22H27F2NO4S/c1-4-5-6-7-15(2)21-9-8-16(3)25(30(21,27)28)12-17-10-20(24)18(11-19(17)23)22(26)13-29-14-22/h4-7,10-11,16,21,26H,2,8-9,12-14H2,1,3H3/b5-4-,7-6-/t16-,21+/m0/s1. The highest BCUT2D eigenvalue weighted by molar-refractivity contribution is 7.90. The van der Waals surface area contributed by atoms with Crippen LogP contribution in [0, 0.1) is 11.6 Å². The Hall–Kier alpha value is -1.87. The van der Waals surface area contributed by atoms with E-state index < -0.39 is 32.5 Å². The molecule has 8 heteroatoms. The van der Waals surface area contributed by atoms with Crippen LogP contribution in [0.3, 0.4) is 0 Å². The molecule has 0 aliphatic carbocycles. The molecular formula is C22H27F2NO4S. The number of halogens is 2. The maximum atomic E-state index is 14.7. The molecule has 2 heterocycles. The lowest BCUT2D eigenvalue weighted by Crippen LogP contribution is -2.48. The van der Waals surface area contributed by atoms with Crippen LogP contribution in [0.1, 0.15) is 37.8 Å². The van der Waals surface area contributed by atoms with Crippen molar-refractivity contribution in [3.05, 3.63) is 71.4 Å². The number of rotatable bonds is 6. The topological polar surface area (TPSA) is 66.8 Å². The minimum absolute atomic E-state index is 0.0776. The molecule has 0 saturated carbocycles. The van der Waals surface area contributed by atoms with Crippen molar-refractivity contribution in [1.82, 2.24) is 4.31 Å². The quantitative estimate of drug-likeness (QED) is 0.689. The molecule has 0 radical (unpaired) electrons. The van der Waals surface area contributed by atoms with Gasteiger partial charge in [-0.1, -0.05) is 30.9 Å². The van der Waals surface area contributed by atoms with Gasteiger partial charge in [-0.2, -0.15) is 4.31 Å². The number of aliphatic hydroxyl groups is 1. The molecule has 0 aromatic heterocycles. The lowest BCUT2D eigenvalue weighted by Gasteiger charge is -2.38. The van der Waals surface area contributed by atoms with Gasteiger partial charge in [0.2, 0.25) is 10.0 Å². The second-order valence-corrected chi connectivity index (χ2v) is 9.98. The SMILES string of the molecule is C=C(/C=C\C=C/C)[C@H]1CC[C@H](C)N(Cc2cc(F)c(C3(O)COC3)cc2F)S1(=O)=O. The first-order valence-corrected chi connectivity index (χ1v) is 11.4. The number of allylic oxidation sites excluding steroid dienone is 4. The first-order chi connectivity index (χ1) is 14.1. The van der Waals surface area contributed by atoms with Gasteiger partial charge in [0.15, 0.2) is 0 Å². The summed E-state index contributed by atoms with van der Waals surface area (Å²) in [5, 5.41) is 9.44. The van der Waals surface area contributed by atoms with Crippen LogP contribution in [-0.2, 0) is 26.9 Å². The van der Waals surface area contributed by atoms with Crippen LogP contribution in [0.15, 0.2) is 48.6 Å². The van der Waals surface area contributed by atoms with Gasteiger partial charge < -0.3 is 9.84 Å². The van der Waals surface area contributed by atoms with Crippen molar-refractivity contribution in [2.24, 2.45) is 0 Å². The summed E-state index contributed by atoms with van der Waals surface area (Å²) in [6.45, 7) is 7.00. The third-order valence-corrected chi connectivity index (χ3v) is 8.10. The van der Waals surface area contributed by atoms with E-state index in [-0.39, 0.29) is 36.9 Å². The van der Waals surface area contributed by atoms with E-state index in [0.717, 1.165) is 12.1 Å². The van der Waals surface area contributed by atoms with Crippen LogP contribution in [0.25, 0.3) is 0 Å². The number of ether oxygens (including phenoxy) is 1. The molecule has 2 aliphatic rings. The molecule has 1 N–H and O–H groups in total. The molecular weight excluding hydrogens is 412 g/mol. The molecule has 164 valence electrons. The number of hydrogen-bond acceptors (Lipinski definition) is 4. The fourth-order valence-corrected chi connectivity index (χ4v) is 5.95. The number of nitrogens with zero attached hydrogens (tertiary/aromatic N) is 1. The van der Waals surface area contributed by atoms with E-state index in [9.17, 15) is 22.3 Å². The van der Waals surface area contributed by atoms with E-state index >= 15 is 0 Å². The molecule has 0 spiro atoms. The van der Waals surface area contributed by atoms with Crippen molar-refractivity contribution < 1.29 is 27.0 Å². The van der Waals surface area contributed by atoms with Gasteiger partial charge >= 0.3 is 0 Å². The van der Waals surface area contributed by atoms with Gasteiger partial charge in [-0.3, -0.25) is 0 Å². The summed E-state index contributed by atoms with van der Waals surface area (Å²) in [6, 6.07) is 1.54. The molecule has 1 aromatic rings. The van der Waals surface area contributed by atoms with E-state index in [0.29, 0.717) is 18.4 Å². The molecule has 2 fully saturated rings. The fourth-order valence-electron chi connectivity index (χ4n) is 3.80. The van der Waals surface area contributed by atoms with Crippen LogP contribution in [0.4, 0.5) is 8.78 Å². The fraction of sp³-hybridized carbons (Fsp3) is 0.455. The van der Waals surface area contributed by atoms with Gasteiger partial charge in [0.1, 0.15) is 22.5 Å². The normalized spacial score (nSPS) is 26.2. The summed E-state index contributed by atoms with van der Waals surface area (Å²) in [6.07, 6.45) is 7.99. The second kappa shape index (κ2) is 8.70. The van der Waals surface area contributed by atoms with E-state index in [2.05, 4.69) is 6.58 Å². The average molecular weight is 440 g/mol. The smallest absolute Gasteiger partial charge is 0.221 e. The first-order valence-electron chi connectivity index (χ1n) is 9.87. The number of sulfonamides is 1. The van der Waals surface area contributed by atoms with Gasteiger partial charge in [-0.25, -0.2) is 17.2 Å². The lowest BCUT2D eigenvalue weighted by atomic mass is 9.90. The minimum atomic E-state index is -3.81. The van der Waals surface area contributed by atoms with Crippen molar-refractivity contribution in [1.29, 1.82) is 0 Å². The predicted molar refractivity (Wildman–Crippen MR) is 111 cm³/mol. The van der Waals surface area contributed by atoms with Crippen LogP contribution >= 0.6 is 0 Å². The van der Waals surface area contributed by atoms with Crippen molar-refractivity contribution in [3.63, 3.8) is 0 Å². The van der Waals surface area contributed by atoms with Gasteiger partial charge in [0, 0.05) is 23.7 Å². The van der Waals surface area contributed by atoms with Gasteiger partial charge in [0.25, 0.3) is 0 Å². The Morgan fingerprint density at radius 1 is 1.30 bits per heavy atom. The zero-order valence-electron chi connectivity index (χ0n) is 17.1. The third-order valence-electron chi connectivity index (χ3n) is 5.70. The summed E-state index contributed by atoms with van der Waals surface area (Å²) >= 11 is 0. The van der Waals surface area contributed by atoms with E-state index in [1.165, 1.54) is 4.31 Å². The zero-order chi connectivity index (χ0) is 22.1. The Bertz CT molecular complexity index is 983. The van der Waals surface area contributed by atoms with E-state index in [4.69, 9.17) is 4.74 Å². The first kappa shape index (κ1) is 22.8. The summed E-state index contributed by atoms with van der Waals surface area (Å²) in [7, 11) is -3.81. The maximum Gasteiger partial charge on any atom is 0.221 e. The third kappa shape index (κ3) is 4.27. The second-order valence-electron chi connectivity index (χ2n) is 7.91. The van der Waals surface area contributed by atoms with Gasteiger partial charge in [-0.15, -0.1) is 0 Å². The molecule has 3 rings (SSSR count). The van der Waals surface area contributed by atoms with Gasteiger partial charge in [0.05, 0.1) is 13.2 Å². The van der Waals surface area contributed by atoms with Crippen molar-refractivity contribution in [3.8, 4) is 0 Å². The monoisotopic (exact) mass is 439 g/mol. The van der Waals surface area contributed by atoms with Crippen molar-refractivity contribution in [2.45, 2.75) is 50.1 Å². The van der Waals surface area contributed by atoms with Gasteiger partial charge in [-0.05, 0) is 44.4 Å². The highest BCUT2D eigenvalue weighted by Crippen LogP contribution is 2.35. The minimum Gasteiger partial charge on any atom is -0.380 e. The van der Waals surface area contributed by atoms with E-state index in [1.54, 1.807) is 25.2 Å². The molecule has 2 aliphatic heterocycles. The molecule has 2 atom stereocenters. The molecule has 1 aromatic carbocycles. The zero-order valence-corrected chi connectivity index (χ0v) is 18.0. The largest absolute Gasteiger partial charge is 0.380 e. The number of benzene rings is 1. The Morgan fingerprint density at radius 3 is 2.60 bits per heavy atom. The Balaban J connectivity index is 1.87. The molecule has 0 bridgehead atoms. The lowest BCUT2D eigenvalue weighted by molar-refractivity contribution is -0.186. The Morgan fingerprint density at radius 2 is 2.00 bits per heavy atom. The predicted octanol–water partition coefficient (Wildman–Crippen LogP) is 3.55. The van der Waals surface area contributed by atoms with Crippen LogP contribution in [0.5, 0.6) is 0 Å². The molecule has 0 amide bonds. The number of hydrogen-bond donors (Lipinski definition) is 1.